The van der Waals surface area contributed by atoms with Gasteiger partial charge >= 0.3 is 0 Å². The fourth-order valence-electron chi connectivity index (χ4n) is 2.43. The summed E-state index contributed by atoms with van der Waals surface area (Å²) in [4.78, 5) is 0. The van der Waals surface area contributed by atoms with E-state index in [0.717, 1.165) is 19.6 Å². The molecule has 0 heterocycles. The van der Waals surface area contributed by atoms with Gasteiger partial charge in [-0.05, 0) is 53.9 Å². The number of nitrogens with one attached hydrogen (secondary N) is 1. The van der Waals surface area contributed by atoms with E-state index < -0.39 is 0 Å². The zero-order valence-electron chi connectivity index (χ0n) is 13.8. The van der Waals surface area contributed by atoms with Crippen molar-refractivity contribution in [3.05, 3.63) is 0 Å². The molecule has 0 aromatic carbocycles. The Morgan fingerprint density at radius 2 is 1.63 bits per heavy atom. The molecule has 0 spiro atoms. The Balaban J connectivity index is 2.44. The van der Waals surface area contributed by atoms with Crippen LogP contribution in [0.5, 0.6) is 0 Å². The maximum Gasteiger partial charge on any atom is 0.0806 e. The second-order valence-electron chi connectivity index (χ2n) is 7.56. The van der Waals surface area contributed by atoms with Crippen LogP contribution < -0.4 is 5.32 Å². The fourth-order valence-corrected chi connectivity index (χ4v) is 2.43. The van der Waals surface area contributed by atoms with Gasteiger partial charge in [0.2, 0.25) is 0 Å². The predicted molar refractivity (Wildman–Crippen MR) is 80.6 cm³/mol. The van der Waals surface area contributed by atoms with E-state index in [1.165, 1.54) is 25.7 Å². The van der Waals surface area contributed by atoms with Gasteiger partial charge in [-0.2, -0.15) is 0 Å². The van der Waals surface area contributed by atoms with E-state index in [1.54, 1.807) is 7.11 Å². The van der Waals surface area contributed by atoms with E-state index >= 15 is 0 Å². The van der Waals surface area contributed by atoms with Gasteiger partial charge in [0.15, 0.2) is 0 Å². The van der Waals surface area contributed by atoms with Gasteiger partial charge < -0.3 is 14.8 Å². The Labute approximate surface area is 119 Å². The molecule has 0 bridgehead atoms. The summed E-state index contributed by atoms with van der Waals surface area (Å²) in [7, 11) is 1.77. The van der Waals surface area contributed by atoms with Crippen molar-refractivity contribution < 1.29 is 9.47 Å². The van der Waals surface area contributed by atoms with Gasteiger partial charge in [0.05, 0.1) is 17.8 Å². The van der Waals surface area contributed by atoms with Gasteiger partial charge in [-0.3, -0.25) is 0 Å². The topological polar surface area (TPSA) is 30.5 Å². The van der Waals surface area contributed by atoms with Crippen LogP contribution in [-0.4, -0.2) is 37.0 Å². The first-order chi connectivity index (χ1) is 8.68. The molecule has 0 amide bonds. The lowest BCUT2D eigenvalue weighted by Gasteiger charge is -2.34. The standard InChI is InChI=1S/C16H33NO2/c1-14(2,3)17-13-16(9-7-8-10-16)19-12-11-15(4,5)18-6/h17H,7-13H2,1-6H3. The second-order valence-corrected chi connectivity index (χ2v) is 7.56. The van der Waals surface area contributed by atoms with Crippen LogP contribution in [0.3, 0.4) is 0 Å². The van der Waals surface area contributed by atoms with Gasteiger partial charge in [0, 0.05) is 19.2 Å². The third-order valence-corrected chi connectivity index (χ3v) is 4.12. The summed E-state index contributed by atoms with van der Waals surface area (Å²) >= 11 is 0. The van der Waals surface area contributed by atoms with Gasteiger partial charge in [0.1, 0.15) is 0 Å². The molecule has 1 aliphatic rings. The molecular weight excluding hydrogens is 238 g/mol. The molecule has 3 nitrogen and oxygen atoms in total. The van der Waals surface area contributed by atoms with Gasteiger partial charge in [-0.1, -0.05) is 12.8 Å². The summed E-state index contributed by atoms with van der Waals surface area (Å²) in [5.41, 5.74) is 0.124. The molecule has 1 saturated carbocycles. The quantitative estimate of drug-likeness (QED) is 0.768. The molecule has 114 valence electrons. The first kappa shape index (κ1) is 16.9. The second kappa shape index (κ2) is 6.55. The lowest BCUT2D eigenvalue weighted by molar-refractivity contribution is -0.0727. The smallest absolute Gasteiger partial charge is 0.0806 e. The van der Waals surface area contributed by atoms with Crippen LogP contribution in [0.15, 0.2) is 0 Å². The van der Waals surface area contributed by atoms with Crippen LogP contribution in [0, 0.1) is 0 Å². The monoisotopic (exact) mass is 271 g/mol. The molecule has 19 heavy (non-hydrogen) atoms. The number of hydrogen-bond acceptors (Lipinski definition) is 3. The predicted octanol–water partition coefficient (Wildman–Crippen LogP) is 3.52. The zero-order chi connectivity index (χ0) is 14.6. The van der Waals surface area contributed by atoms with E-state index in [1.807, 2.05) is 0 Å². The third kappa shape index (κ3) is 6.24. The van der Waals surface area contributed by atoms with Crippen molar-refractivity contribution in [3.63, 3.8) is 0 Å². The number of methoxy groups -OCH3 is 1. The van der Waals surface area contributed by atoms with Crippen molar-refractivity contribution >= 4 is 0 Å². The maximum absolute atomic E-state index is 6.28. The Morgan fingerprint density at radius 1 is 1.05 bits per heavy atom. The maximum atomic E-state index is 6.28. The van der Waals surface area contributed by atoms with Crippen molar-refractivity contribution in [2.24, 2.45) is 0 Å². The van der Waals surface area contributed by atoms with Crippen LogP contribution >= 0.6 is 0 Å². The number of hydrogen-bond donors (Lipinski definition) is 1. The molecule has 0 aliphatic heterocycles. The number of ether oxygens (including phenoxy) is 2. The summed E-state index contributed by atoms with van der Waals surface area (Å²) in [5.74, 6) is 0. The Hall–Kier alpha value is -0.120. The highest BCUT2D eigenvalue weighted by molar-refractivity contribution is 4.91. The highest BCUT2D eigenvalue weighted by Gasteiger charge is 2.36. The average molecular weight is 271 g/mol. The molecule has 0 radical (unpaired) electrons. The Kier molecular flexibility index (Phi) is 5.84. The van der Waals surface area contributed by atoms with Crippen molar-refractivity contribution in [2.75, 3.05) is 20.3 Å². The first-order valence-corrected chi connectivity index (χ1v) is 7.62. The van der Waals surface area contributed by atoms with Gasteiger partial charge in [0.25, 0.3) is 0 Å². The molecule has 1 fully saturated rings. The highest BCUT2D eigenvalue weighted by atomic mass is 16.5. The van der Waals surface area contributed by atoms with Crippen LogP contribution in [0.2, 0.25) is 0 Å². The molecular formula is C16H33NO2. The van der Waals surface area contributed by atoms with Crippen LogP contribution in [0.4, 0.5) is 0 Å². The molecule has 0 saturated heterocycles. The van der Waals surface area contributed by atoms with E-state index in [0.29, 0.717) is 0 Å². The summed E-state index contributed by atoms with van der Waals surface area (Å²) in [5, 5.41) is 3.61. The molecule has 1 aliphatic carbocycles. The van der Waals surface area contributed by atoms with E-state index in [-0.39, 0.29) is 16.7 Å². The largest absolute Gasteiger partial charge is 0.379 e. The molecule has 1 rings (SSSR count). The average Bonchev–Trinajstić information content (AvgIpc) is 2.75. The summed E-state index contributed by atoms with van der Waals surface area (Å²) in [6, 6.07) is 0. The van der Waals surface area contributed by atoms with Crippen molar-refractivity contribution in [1.82, 2.24) is 5.32 Å². The zero-order valence-corrected chi connectivity index (χ0v) is 13.8. The van der Waals surface area contributed by atoms with E-state index in [2.05, 4.69) is 39.9 Å². The molecule has 1 N–H and O–H groups in total. The SMILES string of the molecule is COC(C)(C)CCOC1(CNC(C)(C)C)CCCC1. The molecule has 0 aromatic heterocycles. The van der Waals surface area contributed by atoms with E-state index in [9.17, 15) is 0 Å². The Bertz CT molecular complexity index is 262. The van der Waals surface area contributed by atoms with Crippen molar-refractivity contribution in [3.8, 4) is 0 Å². The summed E-state index contributed by atoms with van der Waals surface area (Å²) in [6.07, 6.45) is 5.90. The minimum absolute atomic E-state index is 0.0527. The van der Waals surface area contributed by atoms with Gasteiger partial charge in [-0.25, -0.2) is 0 Å². The first-order valence-electron chi connectivity index (χ1n) is 7.62. The number of rotatable bonds is 7. The fraction of sp³-hybridized carbons (Fsp3) is 1.00. The van der Waals surface area contributed by atoms with Crippen LogP contribution in [0.1, 0.15) is 66.7 Å². The lowest BCUT2D eigenvalue weighted by atomic mass is 9.99. The lowest BCUT2D eigenvalue weighted by Crippen LogP contribution is -2.48. The minimum Gasteiger partial charge on any atom is -0.379 e. The normalized spacial score (nSPS) is 19.9. The van der Waals surface area contributed by atoms with Crippen LogP contribution in [-0.2, 0) is 9.47 Å². The van der Waals surface area contributed by atoms with Crippen molar-refractivity contribution in [1.29, 1.82) is 0 Å². The molecule has 0 aromatic rings. The molecule has 0 atom stereocenters. The van der Waals surface area contributed by atoms with Crippen molar-refractivity contribution in [2.45, 2.75) is 83.5 Å². The molecule has 0 unspecified atom stereocenters. The molecule has 3 heteroatoms. The van der Waals surface area contributed by atoms with Crippen LogP contribution in [0.25, 0.3) is 0 Å². The highest BCUT2D eigenvalue weighted by Crippen LogP contribution is 2.33. The Morgan fingerprint density at radius 3 is 2.11 bits per heavy atom. The van der Waals surface area contributed by atoms with E-state index in [4.69, 9.17) is 9.47 Å². The van der Waals surface area contributed by atoms with Gasteiger partial charge in [-0.15, -0.1) is 0 Å². The third-order valence-electron chi connectivity index (χ3n) is 4.12. The minimum atomic E-state index is -0.0861. The summed E-state index contributed by atoms with van der Waals surface area (Å²) < 4.78 is 11.7. The summed E-state index contributed by atoms with van der Waals surface area (Å²) in [6.45, 7) is 12.6.